The minimum absolute atomic E-state index is 0.0347. The van der Waals surface area contributed by atoms with E-state index < -0.39 is 0 Å². The molecule has 2 N–H and O–H groups in total. The molecule has 1 aromatic heterocycles. The van der Waals surface area contributed by atoms with Crippen LogP contribution < -0.4 is 10.2 Å². The Balaban J connectivity index is 2.04. The second-order valence-corrected chi connectivity index (χ2v) is 6.31. The van der Waals surface area contributed by atoms with Gasteiger partial charge in [0.05, 0.1) is 12.2 Å². The van der Waals surface area contributed by atoms with Crippen molar-refractivity contribution in [1.82, 2.24) is 10.3 Å². The first-order chi connectivity index (χ1) is 10.5. The average Bonchev–Trinajstić information content (AvgIpc) is 2.91. The molecule has 1 heterocycles. The molecule has 1 fully saturated rings. The zero-order valence-electron chi connectivity index (χ0n) is 13.8. The maximum absolute atomic E-state index is 12.4. The summed E-state index contributed by atoms with van der Waals surface area (Å²) < 4.78 is 0. The van der Waals surface area contributed by atoms with Gasteiger partial charge in [0.15, 0.2) is 0 Å². The van der Waals surface area contributed by atoms with Crippen LogP contribution in [0.2, 0.25) is 0 Å². The Bertz CT molecular complexity index is 499. The number of nitrogens with zero attached hydrogens (tertiary/aromatic N) is 2. The molecule has 2 rings (SSSR count). The van der Waals surface area contributed by atoms with Crippen molar-refractivity contribution in [3.8, 4) is 0 Å². The van der Waals surface area contributed by atoms with Gasteiger partial charge in [-0.05, 0) is 38.8 Å². The highest BCUT2D eigenvalue weighted by atomic mass is 16.3. The minimum Gasteiger partial charge on any atom is -0.396 e. The Morgan fingerprint density at radius 3 is 2.73 bits per heavy atom. The lowest BCUT2D eigenvalue weighted by atomic mass is 9.85. The Morgan fingerprint density at radius 1 is 1.45 bits per heavy atom. The second kappa shape index (κ2) is 7.09. The highest BCUT2D eigenvalue weighted by Gasteiger charge is 2.39. The molecular formula is C17H27N3O2. The van der Waals surface area contributed by atoms with E-state index in [9.17, 15) is 9.90 Å². The van der Waals surface area contributed by atoms with Gasteiger partial charge in [0, 0.05) is 30.7 Å². The van der Waals surface area contributed by atoms with Crippen LogP contribution >= 0.6 is 0 Å². The molecule has 0 saturated heterocycles. The first kappa shape index (κ1) is 16.7. The Labute approximate surface area is 132 Å². The fourth-order valence-corrected chi connectivity index (χ4v) is 3.16. The zero-order valence-corrected chi connectivity index (χ0v) is 13.8. The summed E-state index contributed by atoms with van der Waals surface area (Å²) in [6, 6.07) is 3.75. The van der Waals surface area contributed by atoms with Crippen LogP contribution in [0.25, 0.3) is 0 Å². The fourth-order valence-electron chi connectivity index (χ4n) is 3.16. The fraction of sp³-hybridized carbons (Fsp3) is 0.647. The molecule has 1 amide bonds. The molecule has 5 heteroatoms. The van der Waals surface area contributed by atoms with Crippen LogP contribution in [0.3, 0.4) is 0 Å². The minimum atomic E-state index is -0.204. The number of aliphatic hydroxyl groups excluding tert-OH is 1. The molecule has 0 aliphatic heterocycles. The summed E-state index contributed by atoms with van der Waals surface area (Å²) in [7, 11) is 0. The highest BCUT2D eigenvalue weighted by molar-refractivity contribution is 5.94. The standard InChI is InChI=1S/C17H27N3O2/c1-4-20(5-2)15-9-8-13(11-18-15)16(22)19-14-7-6-10-17(14,3)12-21/h8-9,11,14,21H,4-7,10,12H2,1-3H3,(H,19,22). The normalized spacial score (nSPS) is 24.3. The number of pyridine rings is 1. The van der Waals surface area contributed by atoms with Crippen LogP contribution in [0.4, 0.5) is 5.82 Å². The number of amides is 1. The summed E-state index contributed by atoms with van der Waals surface area (Å²) in [5, 5.41) is 12.6. The number of anilines is 1. The van der Waals surface area contributed by atoms with E-state index in [0.717, 1.165) is 38.2 Å². The summed E-state index contributed by atoms with van der Waals surface area (Å²) in [6.07, 6.45) is 4.55. The topological polar surface area (TPSA) is 65.5 Å². The molecule has 0 aromatic carbocycles. The highest BCUT2D eigenvalue weighted by Crippen LogP contribution is 2.37. The predicted octanol–water partition coefficient (Wildman–Crippen LogP) is 2.21. The van der Waals surface area contributed by atoms with Crippen molar-refractivity contribution in [2.75, 3.05) is 24.6 Å². The number of nitrogens with one attached hydrogen (secondary N) is 1. The van der Waals surface area contributed by atoms with Crippen molar-refractivity contribution >= 4 is 11.7 Å². The molecule has 0 bridgehead atoms. The first-order valence-corrected chi connectivity index (χ1v) is 8.16. The number of hydrogen-bond acceptors (Lipinski definition) is 4. The predicted molar refractivity (Wildman–Crippen MR) is 88.1 cm³/mol. The van der Waals surface area contributed by atoms with Gasteiger partial charge in [-0.2, -0.15) is 0 Å². The van der Waals surface area contributed by atoms with Gasteiger partial charge in [0.2, 0.25) is 0 Å². The van der Waals surface area contributed by atoms with E-state index in [2.05, 4.69) is 29.0 Å². The van der Waals surface area contributed by atoms with E-state index in [1.165, 1.54) is 0 Å². The van der Waals surface area contributed by atoms with Crippen molar-refractivity contribution in [1.29, 1.82) is 0 Å². The lowest BCUT2D eigenvalue weighted by Crippen LogP contribution is -2.44. The van der Waals surface area contributed by atoms with Gasteiger partial charge in [0.1, 0.15) is 5.82 Å². The molecule has 2 atom stereocenters. The number of carbonyl (C=O) groups is 1. The van der Waals surface area contributed by atoms with Gasteiger partial charge < -0.3 is 15.3 Å². The summed E-state index contributed by atoms with van der Waals surface area (Å²) in [5.41, 5.74) is 0.368. The van der Waals surface area contributed by atoms with E-state index in [0.29, 0.717) is 5.56 Å². The molecular weight excluding hydrogens is 278 g/mol. The van der Waals surface area contributed by atoms with Crippen LogP contribution in [0.1, 0.15) is 50.4 Å². The molecule has 1 aliphatic rings. The molecule has 2 unspecified atom stereocenters. The van der Waals surface area contributed by atoms with Crippen LogP contribution in [-0.4, -0.2) is 41.7 Å². The van der Waals surface area contributed by atoms with Gasteiger partial charge >= 0.3 is 0 Å². The largest absolute Gasteiger partial charge is 0.396 e. The van der Waals surface area contributed by atoms with Gasteiger partial charge in [-0.1, -0.05) is 13.3 Å². The van der Waals surface area contributed by atoms with Crippen molar-refractivity contribution in [3.05, 3.63) is 23.9 Å². The molecule has 1 aromatic rings. The maximum atomic E-state index is 12.4. The van der Waals surface area contributed by atoms with Crippen LogP contribution in [0, 0.1) is 5.41 Å². The van der Waals surface area contributed by atoms with Crippen molar-refractivity contribution < 1.29 is 9.90 Å². The number of rotatable bonds is 6. The first-order valence-electron chi connectivity index (χ1n) is 8.16. The van der Waals surface area contributed by atoms with Crippen molar-refractivity contribution in [2.24, 2.45) is 5.41 Å². The van der Waals surface area contributed by atoms with E-state index >= 15 is 0 Å². The molecule has 0 radical (unpaired) electrons. The third-order valence-corrected chi connectivity index (χ3v) is 4.85. The molecule has 22 heavy (non-hydrogen) atoms. The molecule has 1 aliphatic carbocycles. The average molecular weight is 305 g/mol. The number of aromatic nitrogens is 1. The lowest BCUT2D eigenvalue weighted by molar-refractivity contribution is 0.0830. The number of aliphatic hydroxyl groups is 1. The maximum Gasteiger partial charge on any atom is 0.253 e. The number of carbonyl (C=O) groups excluding carboxylic acids is 1. The van der Waals surface area contributed by atoms with Crippen LogP contribution in [0.5, 0.6) is 0 Å². The smallest absolute Gasteiger partial charge is 0.253 e. The zero-order chi connectivity index (χ0) is 16.2. The third-order valence-electron chi connectivity index (χ3n) is 4.85. The number of hydrogen-bond donors (Lipinski definition) is 2. The van der Waals surface area contributed by atoms with Gasteiger partial charge in [-0.15, -0.1) is 0 Å². The quantitative estimate of drug-likeness (QED) is 0.846. The van der Waals surface area contributed by atoms with Crippen molar-refractivity contribution in [3.63, 3.8) is 0 Å². The summed E-state index contributed by atoms with van der Waals surface area (Å²) in [5.74, 6) is 0.785. The lowest BCUT2D eigenvalue weighted by Gasteiger charge is -2.30. The second-order valence-electron chi connectivity index (χ2n) is 6.31. The Morgan fingerprint density at radius 2 is 2.18 bits per heavy atom. The van der Waals surface area contributed by atoms with Gasteiger partial charge in [0.25, 0.3) is 5.91 Å². The van der Waals surface area contributed by atoms with E-state index in [4.69, 9.17) is 0 Å². The molecule has 0 spiro atoms. The molecule has 122 valence electrons. The van der Waals surface area contributed by atoms with Gasteiger partial charge in [-0.3, -0.25) is 4.79 Å². The van der Waals surface area contributed by atoms with Gasteiger partial charge in [-0.25, -0.2) is 4.98 Å². The van der Waals surface area contributed by atoms with Crippen molar-refractivity contribution in [2.45, 2.75) is 46.1 Å². The monoisotopic (exact) mass is 305 g/mol. The van der Waals surface area contributed by atoms with E-state index in [1.807, 2.05) is 19.1 Å². The summed E-state index contributed by atoms with van der Waals surface area (Å²) in [6.45, 7) is 8.10. The van der Waals surface area contributed by atoms with Crippen LogP contribution in [0.15, 0.2) is 18.3 Å². The Hall–Kier alpha value is -1.62. The van der Waals surface area contributed by atoms with Crippen LogP contribution in [-0.2, 0) is 0 Å². The Kier molecular flexibility index (Phi) is 5.40. The SMILES string of the molecule is CCN(CC)c1ccc(C(=O)NC2CCCC2(C)CO)cn1. The molecule has 5 nitrogen and oxygen atoms in total. The summed E-state index contributed by atoms with van der Waals surface area (Å²) in [4.78, 5) is 18.9. The van der Waals surface area contributed by atoms with E-state index in [1.54, 1.807) is 6.20 Å². The van der Waals surface area contributed by atoms with E-state index in [-0.39, 0.29) is 24.0 Å². The third kappa shape index (κ3) is 3.40. The summed E-state index contributed by atoms with van der Waals surface area (Å²) >= 11 is 0. The molecule has 1 saturated carbocycles.